The molecule has 0 bridgehead atoms. The number of aromatic nitrogens is 2. The molecule has 0 aromatic carbocycles. The van der Waals surface area contributed by atoms with Crippen LogP contribution in [0.3, 0.4) is 0 Å². The van der Waals surface area contributed by atoms with Gasteiger partial charge in [0.1, 0.15) is 16.5 Å². The van der Waals surface area contributed by atoms with Crippen molar-refractivity contribution in [3.63, 3.8) is 0 Å². The van der Waals surface area contributed by atoms with Gasteiger partial charge in [0.15, 0.2) is 0 Å². The fourth-order valence-corrected chi connectivity index (χ4v) is 1.90. The smallest absolute Gasteiger partial charge is 0.251 e. The Morgan fingerprint density at radius 2 is 2.11 bits per heavy atom. The first-order valence-electron chi connectivity index (χ1n) is 5.22. The van der Waals surface area contributed by atoms with Crippen LogP contribution in [-0.2, 0) is 9.59 Å². The highest BCUT2D eigenvalue weighted by Crippen LogP contribution is 2.26. The molecule has 0 unspecified atom stereocenters. The number of nitrogens with one attached hydrogen (secondary N) is 1. The Kier molecular flexibility index (Phi) is 2.86. The monoisotopic (exact) mass is 269 g/mol. The van der Waals surface area contributed by atoms with Crippen molar-refractivity contribution in [1.82, 2.24) is 15.3 Å². The van der Waals surface area contributed by atoms with Crippen molar-refractivity contribution in [3.8, 4) is 0 Å². The van der Waals surface area contributed by atoms with Gasteiger partial charge in [0.05, 0.1) is 6.54 Å². The van der Waals surface area contributed by atoms with Gasteiger partial charge in [0, 0.05) is 6.07 Å². The lowest BCUT2D eigenvalue weighted by molar-refractivity contribution is -0.135. The van der Waals surface area contributed by atoms with Gasteiger partial charge in [-0.25, -0.2) is 4.98 Å². The molecule has 1 aliphatic heterocycles. The lowest BCUT2D eigenvalue weighted by atomic mass is 9.99. The van der Waals surface area contributed by atoms with E-state index in [0.29, 0.717) is 5.82 Å². The molecule has 1 fully saturated rings. The summed E-state index contributed by atoms with van der Waals surface area (Å²) in [5, 5.41) is 2.43. The Balaban J connectivity index is 2.46. The zero-order valence-electron chi connectivity index (χ0n) is 9.90. The maximum atomic E-state index is 11.8. The van der Waals surface area contributed by atoms with Crippen molar-refractivity contribution in [2.45, 2.75) is 19.4 Å². The van der Waals surface area contributed by atoms with E-state index >= 15 is 0 Å². The Morgan fingerprint density at radius 3 is 2.72 bits per heavy atom. The third kappa shape index (κ3) is 2.08. The number of nitrogens with zero attached hydrogens (tertiary/aromatic N) is 3. The highest BCUT2D eigenvalue weighted by molar-refractivity contribution is 6.29. The summed E-state index contributed by atoms with van der Waals surface area (Å²) < 4.78 is 0. The summed E-state index contributed by atoms with van der Waals surface area (Å²) >= 11 is 5.79. The molecule has 2 amide bonds. The summed E-state index contributed by atoms with van der Waals surface area (Å²) in [5.41, 5.74) is 4.59. The van der Waals surface area contributed by atoms with Crippen molar-refractivity contribution in [2.24, 2.45) is 0 Å². The standard InChI is InChI=1S/C10H12ClN5O2/c1-10(2)8(18)15-7(17)4-16(10)6-3-5(11)13-9(12)14-6/h3H,4H2,1-2H3,(H2,12,13,14)(H,15,17,18). The molecule has 18 heavy (non-hydrogen) atoms. The van der Waals surface area contributed by atoms with Gasteiger partial charge >= 0.3 is 0 Å². The van der Waals surface area contributed by atoms with Gasteiger partial charge in [-0.2, -0.15) is 4.98 Å². The van der Waals surface area contributed by atoms with E-state index in [1.54, 1.807) is 13.8 Å². The molecule has 1 saturated heterocycles. The normalized spacial score (nSPS) is 18.7. The second-order valence-electron chi connectivity index (χ2n) is 4.43. The number of halogens is 1. The Morgan fingerprint density at radius 1 is 1.44 bits per heavy atom. The zero-order valence-corrected chi connectivity index (χ0v) is 10.7. The van der Waals surface area contributed by atoms with Crippen LogP contribution in [0.4, 0.5) is 11.8 Å². The molecule has 96 valence electrons. The lowest BCUT2D eigenvalue weighted by Gasteiger charge is -2.40. The highest BCUT2D eigenvalue weighted by atomic mass is 35.5. The third-order valence-corrected chi connectivity index (χ3v) is 2.95. The molecule has 8 heteroatoms. The molecule has 0 atom stereocenters. The van der Waals surface area contributed by atoms with Gasteiger partial charge in [0.25, 0.3) is 5.91 Å². The maximum absolute atomic E-state index is 11.8. The largest absolute Gasteiger partial charge is 0.368 e. The van der Waals surface area contributed by atoms with Crippen molar-refractivity contribution >= 4 is 35.2 Å². The summed E-state index contributed by atoms with van der Waals surface area (Å²) in [5.74, 6) is -0.452. The molecular formula is C10H12ClN5O2. The van der Waals surface area contributed by atoms with Crippen molar-refractivity contribution in [1.29, 1.82) is 0 Å². The van der Waals surface area contributed by atoms with Crippen LogP contribution < -0.4 is 16.0 Å². The van der Waals surface area contributed by atoms with E-state index in [1.807, 2.05) is 0 Å². The Hall–Kier alpha value is -1.89. The fourth-order valence-electron chi connectivity index (χ4n) is 1.71. The molecule has 7 nitrogen and oxygen atoms in total. The average molecular weight is 270 g/mol. The van der Waals surface area contributed by atoms with Gasteiger partial charge in [-0.05, 0) is 13.8 Å². The van der Waals surface area contributed by atoms with Crippen molar-refractivity contribution < 1.29 is 9.59 Å². The molecule has 2 heterocycles. The minimum Gasteiger partial charge on any atom is -0.368 e. The summed E-state index contributed by atoms with van der Waals surface area (Å²) in [4.78, 5) is 32.5. The average Bonchev–Trinajstić information content (AvgIpc) is 2.22. The molecule has 0 spiro atoms. The van der Waals surface area contributed by atoms with Gasteiger partial charge in [-0.15, -0.1) is 0 Å². The molecule has 2 rings (SSSR count). The fraction of sp³-hybridized carbons (Fsp3) is 0.400. The number of hydrogen-bond donors (Lipinski definition) is 2. The topological polar surface area (TPSA) is 101 Å². The summed E-state index contributed by atoms with van der Waals surface area (Å²) in [6.07, 6.45) is 0. The first kappa shape index (κ1) is 12.6. The summed E-state index contributed by atoms with van der Waals surface area (Å²) in [7, 11) is 0. The van der Waals surface area contributed by atoms with Crippen LogP contribution in [0.15, 0.2) is 6.07 Å². The van der Waals surface area contributed by atoms with Crippen LogP contribution >= 0.6 is 11.6 Å². The van der Waals surface area contributed by atoms with Gasteiger partial charge in [0.2, 0.25) is 11.9 Å². The lowest BCUT2D eigenvalue weighted by Crippen LogP contribution is -2.64. The van der Waals surface area contributed by atoms with E-state index in [2.05, 4.69) is 15.3 Å². The molecule has 1 aromatic heterocycles. The van der Waals surface area contributed by atoms with E-state index in [9.17, 15) is 9.59 Å². The minimum absolute atomic E-state index is 0.00548. The van der Waals surface area contributed by atoms with E-state index in [4.69, 9.17) is 17.3 Å². The number of nitrogens with two attached hydrogens (primary N) is 1. The number of hydrogen-bond acceptors (Lipinski definition) is 6. The van der Waals surface area contributed by atoms with Crippen molar-refractivity contribution in [3.05, 3.63) is 11.2 Å². The number of amides is 2. The maximum Gasteiger partial charge on any atom is 0.251 e. The molecular weight excluding hydrogens is 258 g/mol. The van der Waals surface area contributed by atoms with Gasteiger partial charge < -0.3 is 10.6 Å². The molecule has 3 N–H and O–H groups in total. The number of carbonyl (C=O) groups excluding carboxylic acids is 2. The zero-order chi connectivity index (χ0) is 13.5. The quantitative estimate of drug-likeness (QED) is 0.548. The van der Waals surface area contributed by atoms with Gasteiger partial charge in [-0.3, -0.25) is 14.9 Å². The second kappa shape index (κ2) is 4.09. The molecule has 0 aliphatic carbocycles. The SMILES string of the molecule is CC1(C)C(=O)NC(=O)CN1c1cc(Cl)nc(N)n1. The molecule has 0 radical (unpaired) electrons. The predicted molar refractivity (Wildman–Crippen MR) is 66.0 cm³/mol. The summed E-state index contributed by atoms with van der Waals surface area (Å²) in [6, 6.07) is 1.46. The Bertz CT molecular complexity index is 511. The number of carbonyl (C=O) groups is 2. The molecule has 1 aromatic rings. The predicted octanol–water partition coefficient (Wildman–Crippen LogP) is -0.0464. The summed E-state index contributed by atoms with van der Waals surface area (Å²) in [6.45, 7) is 3.37. The van der Waals surface area contributed by atoms with Crippen LogP contribution in [0.25, 0.3) is 0 Å². The van der Waals surface area contributed by atoms with E-state index < -0.39 is 17.4 Å². The number of rotatable bonds is 1. The van der Waals surface area contributed by atoms with Crippen LogP contribution in [-0.4, -0.2) is 33.9 Å². The van der Waals surface area contributed by atoms with E-state index in [0.717, 1.165) is 0 Å². The van der Waals surface area contributed by atoms with Crippen LogP contribution in [0.1, 0.15) is 13.8 Å². The second-order valence-corrected chi connectivity index (χ2v) is 4.82. The van der Waals surface area contributed by atoms with E-state index in [-0.39, 0.29) is 17.6 Å². The van der Waals surface area contributed by atoms with Gasteiger partial charge in [-0.1, -0.05) is 11.6 Å². The first-order valence-corrected chi connectivity index (χ1v) is 5.60. The third-order valence-electron chi connectivity index (χ3n) is 2.76. The number of imide groups is 1. The molecule has 0 saturated carbocycles. The van der Waals surface area contributed by atoms with Crippen LogP contribution in [0, 0.1) is 0 Å². The first-order chi connectivity index (χ1) is 8.30. The number of anilines is 2. The van der Waals surface area contributed by atoms with Crippen LogP contribution in [0.5, 0.6) is 0 Å². The van der Waals surface area contributed by atoms with Crippen LogP contribution in [0.2, 0.25) is 5.15 Å². The number of piperazine rings is 1. The molecule has 1 aliphatic rings. The highest BCUT2D eigenvalue weighted by Gasteiger charge is 2.41. The minimum atomic E-state index is -0.919. The van der Waals surface area contributed by atoms with Crippen molar-refractivity contribution in [2.75, 3.05) is 17.2 Å². The number of nitrogen functional groups attached to an aromatic ring is 1. The van der Waals surface area contributed by atoms with E-state index in [1.165, 1.54) is 11.0 Å². The Labute approximate surface area is 108 Å².